The van der Waals surface area contributed by atoms with E-state index in [9.17, 15) is 34.4 Å². The highest BCUT2D eigenvalue weighted by Gasteiger charge is 2.36. The van der Waals surface area contributed by atoms with E-state index in [4.69, 9.17) is 0 Å². The van der Waals surface area contributed by atoms with Crippen LogP contribution < -0.4 is 10.4 Å². The highest BCUT2D eigenvalue weighted by molar-refractivity contribution is 6.21. The lowest BCUT2D eigenvalue weighted by atomic mass is 10.1. The Kier molecular flexibility index (Phi) is 5.09. The number of benzene rings is 2. The molecule has 148 valence electrons. The summed E-state index contributed by atoms with van der Waals surface area (Å²) in [7, 11) is 0. The Morgan fingerprint density at radius 1 is 1.07 bits per heavy atom. The third kappa shape index (κ3) is 3.81. The normalized spacial score (nSPS) is 12.7. The number of anilines is 1. The summed E-state index contributed by atoms with van der Waals surface area (Å²) in [4.78, 5) is 59.0. The van der Waals surface area contributed by atoms with Gasteiger partial charge in [0.1, 0.15) is 0 Å². The van der Waals surface area contributed by atoms with Gasteiger partial charge in [-0.25, -0.2) is 0 Å². The molecule has 3 rings (SSSR count). The van der Waals surface area contributed by atoms with Crippen LogP contribution in [-0.2, 0) is 4.79 Å². The highest BCUT2D eigenvalue weighted by atomic mass is 16.6. The van der Waals surface area contributed by atoms with Crippen molar-refractivity contribution >= 4 is 35.1 Å². The number of carbonyl (C=O) groups excluding carboxylic acids is 4. The molecule has 29 heavy (non-hydrogen) atoms. The zero-order valence-corrected chi connectivity index (χ0v) is 15.1. The number of carbonyl (C=O) groups is 4. The molecule has 0 saturated heterocycles. The first-order valence-corrected chi connectivity index (χ1v) is 8.45. The summed E-state index contributed by atoms with van der Waals surface area (Å²) in [5.74, 6) is -3.27. The van der Waals surface area contributed by atoms with Crippen molar-refractivity contribution in [3.05, 3.63) is 68.8 Å². The van der Waals surface area contributed by atoms with Crippen LogP contribution in [0.15, 0.2) is 36.4 Å². The summed E-state index contributed by atoms with van der Waals surface area (Å²) in [6, 6.07) is 7.49. The van der Waals surface area contributed by atoms with E-state index in [1.54, 1.807) is 6.92 Å². The van der Waals surface area contributed by atoms with Crippen LogP contribution in [0, 0.1) is 17.0 Å². The van der Waals surface area contributed by atoms with Crippen LogP contribution in [0.3, 0.4) is 0 Å². The molecule has 0 aromatic heterocycles. The van der Waals surface area contributed by atoms with Crippen LogP contribution in [0.1, 0.15) is 43.1 Å². The van der Waals surface area contributed by atoms with Crippen molar-refractivity contribution in [1.82, 2.24) is 4.90 Å². The number of rotatable bonds is 6. The average molecular weight is 396 g/mol. The Morgan fingerprint density at radius 2 is 1.76 bits per heavy atom. The third-order valence-corrected chi connectivity index (χ3v) is 4.47. The molecule has 1 heterocycles. The van der Waals surface area contributed by atoms with Crippen molar-refractivity contribution in [3.8, 4) is 0 Å². The molecule has 0 fully saturated rings. The van der Waals surface area contributed by atoms with Crippen LogP contribution in [0.5, 0.6) is 0 Å². The maximum absolute atomic E-state index is 12.4. The van der Waals surface area contributed by atoms with E-state index >= 15 is 0 Å². The maximum atomic E-state index is 12.4. The molecule has 3 amide bonds. The Labute approximate surface area is 163 Å². The first kappa shape index (κ1) is 19.7. The number of non-ortho nitro benzene ring substituents is 1. The van der Waals surface area contributed by atoms with Crippen LogP contribution >= 0.6 is 0 Å². The van der Waals surface area contributed by atoms with Gasteiger partial charge in [0.15, 0.2) is 0 Å². The van der Waals surface area contributed by atoms with Gasteiger partial charge >= 0.3 is 0 Å². The second kappa shape index (κ2) is 7.50. The number of hydrogen-bond donors (Lipinski definition) is 1. The van der Waals surface area contributed by atoms with E-state index in [0.29, 0.717) is 5.56 Å². The number of fused-ring (bicyclic) bond motifs is 1. The fourth-order valence-corrected chi connectivity index (χ4v) is 2.91. The fraction of sp³-hybridized carbons (Fsp3) is 0.158. The second-order valence-corrected chi connectivity index (χ2v) is 6.36. The van der Waals surface area contributed by atoms with E-state index in [-0.39, 0.29) is 41.0 Å². The molecular weight excluding hydrogens is 382 g/mol. The van der Waals surface area contributed by atoms with Crippen molar-refractivity contribution in [2.45, 2.75) is 13.3 Å². The van der Waals surface area contributed by atoms with Crippen LogP contribution in [0.25, 0.3) is 0 Å². The third-order valence-electron chi connectivity index (χ3n) is 4.47. The topological polar surface area (TPSA) is 150 Å². The summed E-state index contributed by atoms with van der Waals surface area (Å²) >= 11 is 0. The smallest absolute Gasteiger partial charge is 0.270 e. The number of aromatic carboxylic acids is 1. The molecule has 1 aliphatic rings. The molecule has 10 nitrogen and oxygen atoms in total. The number of carboxylic acid groups (broad SMARTS) is 1. The number of nitro benzene ring substituents is 1. The predicted octanol–water partition coefficient (Wildman–Crippen LogP) is 0.892. The lowest BCUT2D eigenvalue weighted by molar-refractivity contribution is -0.384. The van der Waals surface area contributed by atoms with Gasteiger partial charge in [-0.2, -0.15) is 0 Å². The molecule has 0 atom stereocenters. The van der Waals surface area contributed by atoms with E-state index in [0.717, 1.165) is 17.0 Å². The molecule has 10 heteroatoms. The van der Waals surface area contributed by atoms with E-state index in [1.807, 2.05) is 0 Å². The Hall–Kier alpha value is -4.08. The second-order valence-electron chi connectivity index (χ2n) is 6.36. The summed E-state index contributed by atoms with van der Waals surface area (Å²) in [6.45, 7) is 1.44. The number of amides is 3. The minimum absolute atomic E-state index is 0.0403. The predicted molar refractivity (Wildman–Crippen MR) is 97.2 cm³/mol. The molecule has 1 N–H and O–H groups in total. The number of hydrogen-bond acceptors (Lipinski definition) is 7. The van der Waals surface area contributed by atoms with Gasteiger partial charge in [0, 0.05) is 30.8 Å². The summed E-state index contributed by atoms with van der Waals surface area (Å²) in [5.41, 5.74) is 0.437. The van der Waals surface area contributed by atoms with Gasteiger partial charge in [-0.15, -0.1) is 0 Å². The molecule has 2 aromatic carbocycles. The van der Waals surface area contributed by atoms with Crippen molar-refractivity contribution in [1.29, 1.82) is 0 Å². The molecule has 0 saturated carbocycles. The van der Waals surface area contributed by atoms with E-state index in [1.165, 1.54) is 24.3 Å². The summed E-state index contributed by atoms with van der Waals surface area (Å²) < 4.78 is 0. The van der Waals surface area contributed by atoms with Crippen molar-refractivity contribution in [2.75, 3.05) is 11.9 Å². The SMILES string of the molecule is Cc1ccc(C(=O)[O-])cc1NC(=O)CCN1C(=O)c2ccc([N+](=O)[O-])cc2C1=O. The van der Waals surface area contributed by atoms with Gasteiger partial charge < -0.3 is 15.2 Å². The molecule has 1 aliphatic heterocycles. The Bertz CT molecular complexity index is 1080. The molecule has 0 bridgehead atoms. The van der Waals surface area contributed by atoms with Gasteiger partial charge in [0.25, 0.3) is 17.5 Å². The van der Waals surface area contributed by atoms with E-state index < -0.39 is 28.6 Å². The number of aryl methyl sites for hydroxylation is 1. The number of carboxylic acids is 1. The van der Waals surface area contributed by atoms with Gasteiger partial charge in [0.2, 0.25) is 5.91 Å². The zero-order valence-electron chi connectivity index (χ0n) is 15.1. The van der Waals surface area contributed by atoms with Gasteiger partial charge in [-0.05, 0) is 30.2 Å². The standard InChI is InChI=1S/C19H15N3O7/c1-10-2-3-11(19(26)27)8-15(10)20-16(23)6-7-21-17(24)13-5-4-12(22(28)29)9-14(13)18(21)25/h2-5,8-9H,6-7H2,1H3,(H,20,23)(H,26,27)/p-1. The van der Waals surface area contributed by atoms with Crippen LogP contribution in [0.4, 0.5) is 11.4 Å². The molecule has 0 aliphatic carbocycles. The number of nitrogens with one attached hydrogen (secondary N) is 1. The summed E-state index contributed by atoms with van der Waals surface area (Å²) in [6.07, 6.45) is -0.234. The van der Waals surface area contributed by atoms with Crippen molar-refractivity contribution < 1.29 is 29.2 Å². The molecule has 0 radical (unpaired) electrons. The number of nitro groups is 1. The number of nitrogens with zero attached hydrogens (tertiary/aromatic N) is 2. The molecular formula is C19H14N3O7-. The Balaban J connectivity index is 1.69. The average Bonchev–Trinajstić information content (AvgIpc) is 2.91. The van der Waals surface area contributed by atoms with Crippen molar-refractivity contribution in [2.24, 2.45) is 0 Å². The Morgan fingerprint density at radius 3 is 2.41 bits per heavy atom. The van der Waals surface area contributed by atoms with Crippen molar-refractivity contribution in [3.63, 3.8) is 0 Å². The van der Waals surface area contributed by atoms with Gasteiger partial charge in [-0.1, -0.05) is 12.1 Å². The lowest BCUT2D eigenvalue weighted by Crippen LogP contribution is -2.33. The lowest BCUT2D eigenvalue weighted by Gasteiger charge is -2.15. The minimum atomic E-state index is -1.39. The largest absolute Gasteiger partial charge is 0.545 e. The molecule has 0 unspecified atom stereocenters. The zero-order chi connectivity index (χ0) is 21.3. The van der Waals surface area contributed by atoms with Gasteiger partial charge in [0.05, 0.1) is 22.0 Å². The first-order chi connectivity index (χ1) is 13.7. The van der Waals surface area contributed by atoms with Gasteiger partial charge in [-0.3, -0.25) is 29.4 Å². The minimum Gasteiger partial charge on any atom is -0.545 e. The van der Waals surface area contributed by atoms with Crippen LogP contribution in [0.2, 0.25) is 0 Å². The maximum Gasteiger partial charge on any atom is 0.270 e. The molecule has 0 spiro atoms. The van der Waals surface area contributed by atoms with Crippen LogP contribution in [-0.4, -0.2) is 40.1 Å². The first-order valence-electron chi connectivity index (χ1n) is 8.45. The molecule has 2 aromatic rings. The monoisotopic (exact) mass is 396 g/mol. The highest BCUT2D eigenvalue weighted by Crippen LogP contribution is 2.27. The quantitative estimate of drug-likeness (QED) is 0.433. The fourth-order valence-electron chi connectivity index (χ4n) is 2.91. The number of imide groups is 1. The van der Waals surface area contributed by atoms with E-state index in [2.05, 4.69) is 5.32 Å². The summed E-state index contributed by atoms with van der Waals surface area (Å²) in [5, 5.41) is 24.3.